The highest BCUT2D eigenvalue weighted by Gasteiger charge is 2.49. The Labute approximate surface area is 168 Å². The van der Waals surface area contributed by atoms with Gasteiger partial charge in [0.1, 0.15) is 11.5 Å². The topological polar surface area (TPSA) is 86.6 Å². The fraction of sp³-hybridized carbons (Fsp3) is 0.444. The van der Waals surface area contributed by atoms with Gasteiger partial charge in [-0.05, 0) is 25.0 Å². The van der Waals surface area contributed by atoms with Crippen molar-refractivity contribution in [2.24, 2.45) is 5.41 Å². The molecule has 0 saturated carbocycles. The van der Waals surface area contributed by atoms with Crippen LogP contribution in [-0.2, 0) is 4.79 Å². The van der Waals surface area contributed by atoms with E-state index in [-0.39, 0.29) is 11.3 Å². The molecule has 11 heteroatoms. The van der Waals surface area contributed by atoms with E-state index < -0.39 is 12.1 Å². The van der Waals surface area contributed by atoms with Gasteiger partial charge in [0, 0.05) is 43.2 Å². The molecule has 7 nitrogen and oxygen atoms in total. The zero-order valence-corrected chi connectivity index (χ0v) is 16.3. The van der Waals surface area contributed by atoms with E-state index in [4.69, 9.17) is 9.90 Å². The SMILES string of the molecule is Cc1cccnc1N1CC2(CCN(C(=O)c3cscn3)C2)C1.O=C(O)C(F)(F)F. The van der Waals surface area contributed by atoms with Crippen LogP contribution in [0.25, 0.3) is 0 Å². The average molecular weight is 428 g/mol. The third-order valence-corrected chi connectivity index (χ3v) is 5.54. The van der Waals surface area contributed by atoms with E-state index in [9.17, 15) is 18.0 Å². The van der Waals surface area contributed by atoms with Crippen molar-refractivity contribution in [2.75, 3.05) is 31.1 Å². The minimum Gasteiger partial charge on any atom is -0.475 e. The standard InChI is InChI=1S/C16H18N4OS.C2HF3O2/c1-12-3-2-5-17-14(12)20-9-16(10-20)4-6-19(8-16)15(21)13-7-22-11-18-13;3-2(4,5)1(6)7/h2-3,5,7,11H,4,6,8-10H2,1H3;(H,6,7). The Bertz CT molecular complexity index is 883. The lowest BCUT2D eigenvalue weighted by Crippen LogP contribution is -2.58. The maximum atomic E-state index is 12.4. The van der Waals surface area contributed by atoms with Crippen LogP contribution in [0.5, 0.6) is 0 Å². The fourth-order valence-electron chi connectivity index (χ4n) is 3.57. The quantitative estimate of drug-likeness (QED) is 0.792. The molecule has 2 aliphatic rings. The van der Waals surface area contributed by atoms with E-state index in [1.165, 1.54) is 16.9 Å². The maximum absolute atomic E-state index is 12.4. The third kappa shape index (κ3) is 4.66. The van der Waals surface area contributed by atoms with Gasteiger partial charge in [0.05, 0.1) is 5.51 Å². The van der Waals surface area contributed by atoms with Gasteiger partial charge in [0.15, 0.2) is 0 Å². The van der Waals surface area contributed by atoms with Crippen molar-refractivity contribution >= 4 is 29.0 Å². The van der Waals surface area contributed by atoms with E-state index >= 15 is 0 Å². The molecule has 1 N–H and O–H groups in total. The number of aryl methyl sites for hydroxylation is 1. The number of carbonyl (C=O) groups is 2. The van der Waals surface area contributed by atoms with Gasteiger partial charge >= 0.3 is 12.1 Å². The molecular weight excluding hydrogens is 409 g/mol. The molecule has 2 aliphatic heterocycles. The molecule has 2 aromatic heterocycles. The summed E-state index contributed by atoms with van der Waals surface area (Å²) in [4.78, 5) is 34.2. The molecule has 2 fully saturated rings. The van der Waals surface area contributed by atoms with Gasteiger partial charge in [-0.2, -0.15) is 13.2 Å². The summed E-state index contributed by atoms with van der Waals surface area (Å²) in [5.74, 6) is -1.60. The maximum Gasteiger partial charge on any atom is 0.490 e. The largest absolute Gasteiger partial charge is 0.490 e. The van der Waals surface area contributed by atoms with Crippen molar-refractivity contribution in [1.29, 1.82) is 0 Å². The van der Waals surface area contributed by atoms with Crippen LogP contribution in [0.4, 0.5) is 19.0 Å². The van der Waals surface area contributed by atoms with Crippen molar-refractivity contribution in [3.8, 4) is 0 Å². The Balaban J connectivity index is 0.000000298. The van der Waals surface area contributed by atoms with E-state index in [0.717, 1.165) is 38.4 Å². The molecule has 0 radical (unpaired) electrons. The number of halogens is 3. The fourth-order valence-corrected chi connectivity index (χ4v) is 4.09. The van der Waals surface area contributed by atoms with Gasteiger partial charge in [-0.15, -0.1) is 11.3 Å². The monoisotopic (exact) mass is 428 g/mol. The van der Waals surface area contributed by atoms with Crippen LogP contribution >= 0.6 is 11.3 Å². The van der Waals surface area contributed by atoms with Crippen LogP contribution in [0.1, 0.15) is 22.5 Å². The highest BCUT2D eigenvalue weighted by atomic mass is 32.1. The number of nitrogens with zero attached hydrogens (tertiary/aromatic N) is 4. The summed E-state index contributed by atoms with van der Waals surface area (Å²) in [5, 5.41) is 8.96. The second-order valence-corrected chi connectivity index (χ2v) is 7.87. The highest BCUT2D eigenvalue weighted by Crippen LogP contribution is 2.42. The number of carboxylic acid groups (broad SMARTS) is 1. The predicted molar refractivity (Wildman–Crippen MR) is 99.9 cm³/mol. The molecule has 1 amide bonds. The molecule has 2 saturated heterocycles. The summed E-state index contributed by atoms with van der Waals surface area (Å²) in [7, 11) is 0. The number of carbonyl (C=O) groups excluding carboxylic acids is 1. The number of hydrogen-bond donors (Lipinski definition) is 1. The number of rotatable bonds is 2. The van der Waals surface area contributed by atoms with E-state index in [1.54, 1.807) is 5.51 Å². The molecule has 0 atom stereocenters. The molecule has 4 rings (SSSR count). The normalized spacial score (nSPS) is 17.5. The van der Waals surface area contributed by atoms with Gasteiger partial charge in [-0.25, -0.2) is 14.8 Å². The summed E-state index contributed by atoms with van der Waals surface area (Å²) in [6, 6.07) is 4.07. The van der Waals surface area contributed by atoms with Crippen molar-refractivity contribution in [1.82, 2.24) is 14.9 Å². The van der Waals surface area contributed by atoms with Crippen molar-refractivity contribution < 1.29 is 27.9 Å². The second-order valence-electron chi connectivity index (χ2n) is 7.15. The molecule has 0 unspecified atom stereocenters. The van der Waals surface area contributed by atoms with Gasteiger partial charge in [-0.3, -0.25) is 4.79 Å². The zero-order valence-electron chi connectivity index (χ0n) is 15.5. The summed E-state index contributed by atoms with van der Waals surface area (Å²) in [5.41, 5.74) is 3.76. The number of thiazole rings is 1. The number of carboxylic acids is 1. The molecule has 0 aliphatic carbocycles. The number of aromatic nitrogens is 2. The molecule has 1 spiro atoms. The lowest BCUT2D eigenvalue weighted by Gasteiger charge is -2.49. The number of amides is 1. The molecule has 4 heterocycles. The molecule has 0 aromatic carbocycles. The highest BCUT2D eigenvalue weighted by molar-refractivity contribution is 7.07. The summed E-state index contributed by atoms with van der Waals surface area (Å²) in [6.45, 7) is 5.76. The van der Waals surface area contributed by atoms with E-state index in [1.807, 2.05) is 22.5 Å². The molecule has 2 aromatic rings. The Morgan fingerprint density at radius 2 is 1.93 bits per heavy atom. The summed E-state index contributed by atoms with van der Waals surface area (Å²) in [6.07, 6.45) is -2.16. The summed E-state index contributed by atoms with van der Waals surface area (Å²) < 4.78 is 31.7. The van der Waals surface area contributed by atoms with Gasteiger partial charge < -0.3 is 14.9 Å². The van der Waals surface area contributed by atoms with E-state index in [0.29, 0.717) is 5.69 Å². The number of likely N-dealkylation sites (tertiary alicyclic amines) is 1. The van der Waals surface area contributed by atoms with Gasteiger partial charge in [0.25, 0.3) is 5.91 Å². The minimum atomic E-state index is -5.08. The Hall–Kier alpha value is -2.69. The molecule has 29 heavy (non-hydrogen) atoms. The van der Waals surface area contributed by atoms with Crippen molar-refractivity contribution in [2.45, 2.75) is 19.5 Å². The van der Waals surface area contributed by atoms with Crippen LogP contribution in [0.15, 0.2) is 29.2 Å². The van der Waals surface area contributed by atoms with Crippen molar-refractivity contribution in [3.05, 3.63) is 40.5 Å². The number of alkyl halides is 3. The Kier molecular flexibility index (Phi) is 5.78. The van der Waals surface area contributed by atoms with Crippen LogP contribution in [0.2, 0.25) is 0 Å². The number of hydrogen-bond acceptors (Lipinski definition) is 6. The molecule has 156 valence electrons. The molecule has 0 bridgehead atoms. The number of anilines is 1. The molecular formula is C18H19F3N4O3S. The predicted octanol–water partition coefficient (Wildman–Crippen LogP) is 2.83. The third-order valence-electron chi connectivity index (χ3n) is 4.95. The lowest BCUT2D eigenvalue weighted by atomic mass is 9.79. The average Bonchev–Trinajstić information content (AvgIpc) is 3.30. The second kappa shape index (κ2) is 7.97. The smallest absolute Gasteiger partial charge is 0.475 e. The van der Waals surface area contributed by atoms with E-state index in [2.05, 4.69) is 27.9 Å². The van der Waals surface area contributed by atoms with Crippen LogP contribution in [0.3, 0.4) is 0 Å². The van der Waals surface area contributed by atoms with Crippen LogP contribution in [0, 0.1) is 12.3 Å². The lowest BCUT2D eigenvalue weighted by molar-refractivity contribution is -0.192. The van der Waals surface area contributed by atoms with Gasteiger partial charge in [0.2, 0.25) is 0 Å². The Morgan fingerprint density at radius 1 is 1.24 bits per heavy atom. The first kappa shape index (κ1) is 21.0. The van der Waals surface area contributed by atoms with Crippen molar-refractivity contribution in [3.63, 3.8) is 0 Å². The number of aliphatic carboxylic acids is 1. The van der Waals surface area contributed by atoms with Crippen LogP contribution in [-0.4, -0.2) is 64.2 Å². The first-order chi connectivity index (χ1) is 13.6. The summed E-state index contributed by atoms with van der Waals surface area (Å²) >= 11 is 1.47. The van der Waals surface area contributed by atoms with Gasteiger partial charge in [-0.1, -0.05) is 6.07 Å². The first-order valence-electron chi connectivity index (χ1n) is 8.75. The minimum absolute atomic E-state index is 0.0746. The Morgan fingerprint density at radius 3 is 2.48 bits per heavy atom. The zero-order chi connectivity index (χ0) is 21.2. The first-order valence-corrected chi connectivity index (χ1v) is 9.70. The van der Waals surface area contributed by atoms with Crippen LogP contribution < -0.4 is 4.90 Å². The number of pyridine rings is 1.